The summed E-state index contributed by atoms with van der Waals surface area (Å²) in [5.74, 6) is 0.786. The van der Waals surface area contributed by atoms with Crippen molar-refractivity contribution in [3.8, 4) is 22.4 Å². The summed E-state index contributed by atoms with van der Waals surface area (Å²) in [6.45, 7) is 4.72. The molecule has 6 rings (SSSR count). The Morgan fingerprint density at radius 3 is 2.34 bits per heavy atom. The molecule has 38 heavy (non-hydrogen) atoms. The summed E-state index contributed by atoms with van der Waals surface area (Å²) in [6.07, 6.45) is 3.33. The molecular formula is C28H24ClN5O3S. The van der Waals surface area contributed by atoms with E-state index in [9.17, 15) is 8.42 Å². The average molecular weight is 546 g/mol. The first-order chi connectivity index (χ1) is 18.4. The van der Waals surface area contributed by atoms with Crippen LogP contribution in [0.4, 0.5) is 5.82 Å². The molecule has 1 saturated heterocycles. The fourth-order valence-electron chi connectivity index (χ4n) is 4.44. The van der Waals surface area contributed by atoms with Crippen molar-refractivity contribution in [2.45, 2.75) is 11.8 Å². The van der Waals surface area contributed by atoms with Crippen molar-refractivity contribution in [2.75, 3.05) is 31.2 Å². The zero-order valence-corrected chi connectivity index (χ0v) is 22.2. The summed E-state index contributed by atoms with van der Waals surface area (Å²) in [5, 5.41) is 5.14. The summed E-state index contributed by atoms with van der Waals surface area (Å²) >= 11 is 6.12. The lowest BCUT2D eigenvalue weighted by atomic mass is 10.0. The highest BCUT2D eigenvalue weighted by molar-refractivity contribution is 7.89. The van der Waals surface area contributed by atoms with Gasteiger partial charge in [-0.15, -0.1) is 0 Å². The van der Waals surface area contributed by atoms with Crippen molar-refractivity contribution in [3.63, 3.8) is 0 Å². The van der Waals surface area contributed by atoms with Gasteiger partial charge in [-0.05, 0) is 48.9 Å². The van der Waals surface area contributed by atoms with Gasteiger partial charge in [-0.3, -0.25) is 4.98 Å². The zero-order valence-electron chi connectivity index (χ0n) is 20.6. The monoisotopic (exact) mass is 545 g/mol. The van der Waals surface area contributed by atoms with Crippen LogP contribution in [-0.4, -0.2) is 53.9 Å². The fraction of sp³-hybridized carbons (Fsp3) is 0.179. The first kappa shape index (κ1) is 24.5. The smallest absolute Gasteiger partial charge is 0.282 e. The van der Waals surface area contributed by atoms with E-state index < -0.39 is 10.0 Å². The highest BCUT2D eigenvalue weighted by Crippen LogP contribution is 2.34. The molecule has 1 aliphatic rings. The third kappa shape index (κ3) is 4.64. The standard InChI is InChI=1S/C28H24ClN5O3S/c1-19-2-9-23(10-3-19)38(35,36)34-18-24(28(32-34)20-4-7-22(29)8-5-20)21-6-11-25-26(16-21)31-27(17-30-25)33-12-14-37-15-13-33/h2-11,16-18H,12-15H2,1H3. The third-order valence-electron chi connectivity index (χ3n) is 6.55. The zero-order chi connectivity index (χ0) is 26.3. The molecule has 0 saturated carbocycles. The molecule has 3 aromatic carbocycles. The van der Waals surface area contributed by atoms with Gasteiger partial charge in [0.2, 0.25) is 0 Å². The molecular weight excluding hydrogens is 522 g/mol. The number of benzene rings is 3. The summed E-state index contributed by atoms with van der Waals surface area (Å²) in [5.41, 5.74) is 5.14. The van der Waals surface area contributed by atoms with E-state index in [2.05, 4.69) is 15.0 Å². The lowest BCUT2D eigenvalue weighted by molar-refractivity contribution is 0.122. The topological polar surface area (TPSA) is 90.2 Å². The van der Waals surface area contributed by atoms with Crippen LogP contribution in [0, 0.1) is 6.92 Å². The number of morpholine rings is 1. The Balaban J connectivity index is 1.48. The molecule has 1 aliphatic heterocycles. The van der Waals surface area contributed by atoms with E-state index in [0.717, 1.165) is 45.2 Å². The molecule has 0 atom stereocenters. The van der Waals surface area contributed by atoms with Crippen LogP contribution in [-0.2, 0) is 14.8 Å². The number of ether oxygens (including phenoxy) is 1. The van der Waals surface area contributed by atoms with E-state index in [1.54, 1.807) is 48.8 Å². The number of halogens is 1. The quantitative estimate of drug-likeness (QED) is 0.300. The van der Waals surface area contributed by atoms with Gasteiger partial charge in [-0.25, -0.2) is 4.98 Å². The molecule has 5 aromatic rings. The maximum atomic E-state index is 13.5. The molecule has 0 bridgehead atoms. The van der Waals surface area contributed by atoms with Crippen LogP contribution < -0.4 is 4.90 Å². The lowest BCUT2D eigenvalue weighted by Crippen LogP contribution is -2.36. The lowest BCUT2D eigenvalue weighted by Gasteiger charge is -2.27. The Morgan fingerprint density at radius 1 is 0.895 bits per heavy atom. The molecule has 1 fully saturated rings. The number of fused-ring (bicyclic) bond motifs is 1. The van der Waals surface area contributed by atoms with Crippen molar-refractivity contribution < 1.29 is 13.2 Å². The number of rotatable bonds is 5. The van der Waals surface area contributed by atoms with Gasteiger partial charge < -0.3 is 9.64 Å². The number of aromatic nitrogens is 4. The Morgan fingerprint density at radius 2 is 1.61 bits per heavy atom. The maximum Gasteiger partial charge on any atom is 0.282 e. The number of hydrogen-bond acceptors (Lipinski definition) is 7. The minimum Gasteiger partial charge on any atom is -0.378 e. The van der Waals surface area contributed by atoms with Crippen LogP contribution in [0.15, 0.2) is 84.0 Å². The minimum atomic E-state index is -3.91. The molecule has 192 valence electrons. The van der Waals surface area contributed by atoms with E-state index in [0.29, 0.717) is 35.0 Å². The van der Waals surface area contributed by atoms with Gasteiger partial charge in [-0.2, -0.15) is 17.6 Å². The number of aryl methyl sites for hydroxylation is 1. The van der Waals surface area contributed by atoms with Gasteiger partial charge in [0, 0.05) is 29.2 Å². The highest BCUT2D eigenvalue weighted by Gasteiger charge is 2.23. The second-order valence-corrected chi connectivity index (χ2v) is 11.4. The molecule has 2 aromatic heterocycles. The summed E-state index contributed by atoms with van der Waals surface area (Å²) in [4.78, 5) is 11.8. The molecule has 0 radical (unpaired) electrons. The van der Waals surface area contributed by atoms with Gasteiger partial charge >= 0.3 is 0 Å². The van der Waals surface area contributed by atoms with Gasteiger partial charge in [0.15, 0.2) is 0 Å². The normalized spacial score (nSPS) is 14.2. The van der Waals surface area contributed by atoms with Crippen LogP contribution in [0.5, 0.6) is 0 Å². The van der Waals surface area contributed by atoms with Gasteiger partial charge in [-0.1, -0.05) is 47.5 Å². The fourth-order valence-corrected chi connectivity index (χ4v) is 5.70. The van der Waals surface area contributed by atoms with Crippen LogP contribution in [0.25, 0.3) is 33.4 Å². The van der Waals surface area contributed by atoms with Gasteiger partial charge in [0.1, 0.15) is 11.5 Å². The van der Waals surface area contributed by atoms with Crippen LogP contribution >= 0.6 is 11.6 Å². The van der Waals surface area contributed by atoms with Crippen LogP contribution in [0.1, 0.15) is 5.56 Å². The Bertz CT molecular complexity index is 1730. The third-order valence-corrected chi connectivity index (χ3v) is 8.35. The molecule has 0 aliphatic carbocycles. The van der Waals surface area contributed by atoms with Crippen molar-refractivity contribution in [2.24, 2.45) is 0 Å². The first-order valence-corrected chi connectivity index (χ1v) is 14.0. The second kappa shape index (κ2) is 9.83. The van der Waals surface area contributed by atoms with Crippen molar-refractivity contribution in [1.82, 2.24) is 19.2 Å². The van der Waals surface area contributed by atoms with E-state index >= 15 is 0 Å². The first-order valence-electron chi connectivity index (χ1n) is 12.2. The SMILES string of the molecule is Cc1ccc(S(=O)(=O)n2cc(-c3ccc4ncc(N5CCOCC5)nc4c3)c(-c3ccc(Cl)cc3)n2)cc1. The van der Waals surface area contributed by atoms with Crippen molar-refractivity contribution in [3.05, 3.63) is 89.7 Å². The van der Waals surface area contributed by atoms with E-state index in [1.165, 1.54) is 0 Å². The maximum absolute atomic E-state index is 13.5. The van der Waals surface area contributed by atoms with E-state index in [-0.39, 0.29) is 4.90 Å². The Labute approximate surface area is 225 Å². The molecule has 3 heterocycles. The number of nitrogens with zero attached hydrogens (tertiary/aromatic N) is 5. The summed E-state index contributed by atoms with van der Waals surface area (Å²) in [7, 11) is -3.91. The minimum absolute atomic E-state index is 0.166. The average Bonchev–Trinajstić information content (AvgIpc) is 3.40. The van der Waals surface area contributed by atoms with Gasteiger partial charge in [0.05, 0.1) is 41.5 Å². The van der Waals surface area contributed by atoms with Crippen molar-refractivity contribution >= 4 is 38.5 Å². The van der Waals surface area contributed by atoms with Crippen molar-refractivity contribution in [1.29, 1.82) is 0 Å². The second-order valence-electron chi connectivity index (χ2n) is 9.12. The van der Waals surface area contributed by atoms with E-state index in [4.69, 9.17) is 21.3 Å². The molecule has 0 amide bonds. The highest BCUT2D eigenvalue weighted by atomic mass is 35.5. The predicted octanol–water partition coefficient (Wildman–Crippen LogP) is 5.20. The Kier molecular flexibility index (Phi) is 6.35. The van der Waals surface area contributed by atoms with Gasteiger partial charge in [0.25, 0.3) is 10.0 Å². The Hall–Kier alpha value is -3.79. The molecule has 0 spiro atoms. The molecule has 10 heteroatoms. The van der Waals surface area contributed by atoms with Crippen LogP contribution in [0.2, 0.25) is 5.02 Å². The molecule has 0 N–H and O–H groups in total. The number of hydrogen-bond donors (Lipinski definition) is 0. The summed E-state index contributed by atoms with van der Waals surface area (Å²) in [6, 6.07) is 19.6. The predicted molar refractivity (Wildman–Crippen MR) is 148 cm³/mol. The summed E-state index contributed by atoms with van der Waals surface area (Å²) < 4.78 is 33.5. The molecule has 8 nitrogen and oxygen atoms in total. The largest absolute Gasteiger partial charge is 0.378 e. The number of anilines is 1. The van der Waals surface area contributed by atoms with E-state index in [1.807, 2.05) is 37.3 Å². The molecule has 0 unspecified atom stereocenters. The van der Waals surface area contributed by atoms with Crippen LogP contribution in [0.3, 0.4) is 0 Å².